The van der Waals surface area contributed by atoms with Crippen molar-refractivity contribution in [3.63, 3.8) is 0 Å². The summed E-state index contributed by atoms with van der Waals surface area (Å²) >= 11 is 3.38. The van der Waals surface area contributed by atoms with Crippen molar-refractivity contribution < 1.29 is 8.85 Å². The van der Waals surface area contributed by atoms with E-state index in [4.69, 9.17) is 8.85 Å². The Bertz CT molecular complexity index is 102. The van der Waals surface area contributed by atoms with Crippen LogP contribution in [0.5, 0.6) is 0 Å². The van der Waals surface area contributed by atoms with Gasteiger partial charge in [0.1, 0.15) is 0 Å². The van der Waals surface area contributed by atoms with E-state index in [0.717, 1.165) is 0 Å². The van der Waals surface area contributed by atoms with Gasteiger partial charge in [0.25, 0.3) is 0 Å². The monoisotopic (exact) mass is 224 g/mol. The zero-order valence-electron chi connectivity index (χ0n) is 6.39. The molecule has 0 aromatic carbocycles. The summed E-state index contributed by atoms with van der Waals surface area (Å²) in [6, 6.07) is 0. The Morgan fingerprint density at radius 2 is 1.80 bits per heavy atom. The smallest absolute Gasteiger partial charge is 0.384 e. The molecular weight excluding hydrogens is 212 g/mol. The molecule has 0 unspecified atom stereocenters. The average Bonchev–Trinajstić information content (AvgIpc) is 1.89. The molecular formula is C6H13BrO2Si. The van der Waals surface area contributed by atoms with Crippen LogP contribution in [0.3, 0.4) is 0 Å². The highest BCUT2D eigenvalue weighted by Gasteiger charge is 2.29. The van der Waals surface area contributed by atoms with Gasteiger partial charge in [-0.25, -0.2) is 0 Å². The van der Waals surface area contributed by atoms with E-state index in [-0.39, 0.29) is 0 Å². The van der Waals surface area contributed by atoms with Crippen LogP contribution in [0, 0.1) is 0 Å². The molecule has 0 bridgehead atoms. The van der Waals surface area contributed by atoms with E-state index in [1.165, 1.54) is 0 Å². The van der Waals surface area contributed by atoms with Crippen molar-refractivity contribution in [2.45, 2.75) is 13.8 Å². The Kier molecular flexibility index (Phi) is 5.25. The molecule has 0 fully saturated rings. The highest BCUT2D eigenvalue weighted by Crippen LogP contribution is 2.15. The lowest BCUT2D eigenvalue weighted by Crippen LogP contribution is -2.33. The van der Waals surface area contributed by atoms with Crippen LogP contribution >= 0.6 is 15.3 Å². The maximum Gasteiger partial charge on any atom is 0.440 e. The molecule has 0 saturated carbocycles. The summed E-state index contributed by atoms with van der Waals surface area (Å²) in [4.78, 5) is 0. The zero-order chi connectivity index (χ0) is 8.04. The van der Waals surface area contributed by atoms with Crippen molar-refractivity contribution in [2.75, 3.05) is 13.2 Å². The van der Waals surface area contributed by atoms with E-state index in [9.17, 15) is 0 Å². The molecule has 60 valence electrons. The quantitative estimate of drug-likeness (QED) is 0.527. The molecule has 0 rings (SSSR count). The summed E-state index contributed by atoms with van der Waals surface area (Å²) in [6.07, 6.45) is 0. The number of hydrogen-bond donors (Lipinski definition) is 0. The molecule has 0 amide bonds. The summed E-state index contributed by atoms with van der Waals surface area (Å²) in [6.45, 7) is 8.82. The Morgan fingerprint density at radius 1 is 1.40 bits per heavy atom. The van der Waals surface area contributed by atoms with E-state index < -0.39 is 7.18 Å². The van der Waals surface area contributed by atoms with Gasteiger partial charge in [-0.1, -0.05) is 15.3 Å². The van der Waals surface area contributed by atoms with Crippen LogP contribution in [0.2, 0.25) is 0 Å². The Labute approximate surface area is 71.0 Å². The average molecular weight is 225 g/mol. The second-order valence-electron chi connectivity index (χ2n) is 1.65. The normalized spacial score (nSPS) is 11.5. The number of rotatable bonds is 5. The lowest BCUT2D eigenvalue weighted by Gasteiger charge is -2.18. The zero-order valence-corrected chi connectivity index (χ0v) is 8.98. The first-order valence-corrected chi connectivity index (χ1v) is 7.44. The minimum Gasteiger partial charge on any atom is -0.384 e. The molecule has 0 spiro atoms. The summed E-state index contributed by atoms with van der Waals surface area (Å²) in [5, 5.41) is 0. The Morgan fingerprint density at radius 3 is 2.00 bits per heavy atom. The molecule has 0 heterocycles. The second kappa shape index (κ2) is 5.07. The van der Waals surface area contributed by atoms with Gasteiger partial charge in [-0.2, -0.15) is 0 Å². The highest BCUT2D eigenvalue weighted by molar-refractivity contribution is 9.25. The van der Waals surface area contributed by atoms with E-state index in [1.54, 1.807) is 5.70 Å². The van der Waals surface area contributed by atoms with Gasteiger partial charge in [0, 0.05) is 13.2 Å². The molecule has 0 atom stereocenters. The summed E-state index contributed by atoms with van der Waals surface area (Å²) in [7, 11) is -2.15. The highest BCUT2D eigenvalue weighted by atomic mass is 79.9. The van der Waals surface area contributed by atoms with Gasteiger partial charge in [-0.15, -0.1) is 6.58 Å². The summed E-state index contributed by atoms with van der Waals surface area (Å²) in [5.41, 5.74) is 1.72. The molecule has 0 radical (unpaired) electrons. The van der Waals surface area contributed by atoms with Crippen molar-refractivity contribution in [1.29, 1.82) is 0 Å². The second-order valence-corrected chi connectivity index (χ2v) is 7.12. The van der Waals surface area contributed by atoms with Crippen LogP contribution in [0.25, 0.3) is 0 Å². The molecule has 4 heteroatoms. The third-order valence-electron chi connectivity index (χ3n) is 0.926. The predicted molar refractivity (Wildman–Crippen MR) is 48.1 cm³/mol. The van der Waals surface area contributed by atoms with Crippen LogP contribution in [0.15, 0.2) is 12.3 Å². The van der Waals surface area contributed by atoms with Crippen LogP contribution < -0.4 is 0 Å². The lowest BCUT2D eigenvalue weighted by atomic mass is 10.9. The fourth-order valence-electron chi connectivity index (χ4n) is 0.553. The first kappa shape index (κ1) is 10.4. The molecule has 0 aliphatic rings. The third kappa shape index (κ3) is 3.51. The maximum absolute atomic E-state index is 5.33. The van der Waals surface area contributed by atoms with E-state index in [2.05, 4.69) is 21.9 Å². The minimum absolute atomic E-state index is 0.656. The summed E-state index contributed by atoms with van der Waals surface area (Å²) < 4.78 is 10.7. The van der Waals surface area contributed by atoms with Crippen LogP contribution in [0.1, 0.15) is 13.8 Å². The van der Waals surface area contributed by atoms with Gasteiger partial charge in [0.05, 0.1) is 0 Å². The molecule has 0 aromatic heterocycles. The van der Waals surface area contributed by atoms with Crippen molar-refractivity contribution in [1.82, 2.24) is 0 Å². The van der Waals surface area contributed by atoms with Crippen LogP contribution in [-0.2, 0) is 8.85 Å². The molecule has 0 saturated heterocycles. The Balaban J connectivity index is 3.81. The van der Waals surface area contributed by atoms with Gasteiger partial charge in [-0.3, -0.25) is 0 Å². The first-order valence-electron chi connectivity index (χ1n) is 3.29. The summed E-state index contributed by atoms with van der Waals surface area (Å²) in [5.74, 6) is 0. The standard InChI is InChI=1S/C6H13BrO2Si/c1-4-8-10(7,6-3)9-5-2/h6H,3-5H2,1-2H3. The lowest BCUT2D eigenvalue weighted by molar-refractivity contribution is 0.218. The molecule has 10 heavy (non-hydrogen) atoms. The van der Waals surface area contributed by atoms with Gasteiger partial charge < -0.3 is 8.85 Å². The molecule has 0 aliphatic heterocycles. The fraction of sp³-hybridized carbons (Fsp3) is 0.667. The topological polar surface area (TPSA) is 18.5 Å². The van der Waals surface area contributed by atoms with Crippen molar-refractivity contribution >= 4 is 22.5 Å². The van der Waals surface area contributed by atoms with E-state index in [1.807, 2.05) is 13.8 Å². The van der Waals surface area contributed by atoms with E-state index in [0.29, 0.717) is 13.2 Å². The van der Waals surface area contributed by atoms with Crippen LogP contribution in [-0.4, -0.2) is 20.4 Å². The van der Waals surface area contributed by atoms with Crippen LogP contribution in [0.4, 0.5) is 0 Å². The molecule has 0 aromatic rings. The Hall–Kier alpha value is 0.357. The maximum atomic E-state index is 5.33. The number of hydrogen-bond acceptors (Lipinski definition) is 2. The van der Waals surface area contributed by atoms with Gasteiger partial charge >= 0.3 is 7.18 Å². The SMILES string of the molecule is C=C[Si](Br)(OCC)OCC. The molecule has 0 aliphatic carbocycles. The van der Waals surface area contributed by atoms with Gasteiger partial charge in [0.15, 0.2) is 0 Å². The number of halogens is 1. The van der Waals surface area contributed by atoms with E-state index >= 15 is 0 Å². The van der Waals surface area contributed by atoms with Crippen molar-refractivity contribution in [3.05, 3.63) is 12.3 Å². The molecule has 2 nitrogen and oxygen atoms in total. The predicted octanol–water partition coefficient (Wildman–Crippen LogP) is 2.12. The largest absolute Gasteiger partial charge is 0.440 e. The fourth-order valence-corrected chi connectivity index (χ4v) is 3.03. The van der Waals surface area contributed by atoms with Crippen molar-refractivity contribution in [3.8, 4) is 0 Å². The van der Waals surface area contributed by atoms with Gasteiger partial charge in [0.2, 0.25) is 0 Å². The minimum atomic E-state index is -2.15. The third-order valence-corrected chi connectivity index (χ3v) is 5.12. The van der Waals surface area contributed by atoms with Crippen molar-refractivity contribution in [2.24, 2.45) is 0 Å². The molecule has 0 N–H and O–H groups in total. The van der Waals surface area contributed by atoms with Gasteiger partial charge in [-0.05, 0) is 19.5 Å². The first-order chi connectivity index (χ1) is 4.68.